The summed E-state index contributed by atoms with van der Waals surface area (Å²) < 4.78 is 0. The third kappa shape index (κ3) is 2.85. The molecule has 0 bridgehead atoms. The fourth-order valence-corrected chi connectivity index (χ4v) is 2.57. The van der Waals surface area contributed by atoms with E-state index in [1.807, 2.05) is 18.2 Å². The lowest BCUT2D eigenvalue weighted by Gasteiger charge is -2.39. The molecule has 2 N–H and O–H groups in total. The molecule has 1 aliphatic rings. The Morgan fingerprint density at radius 3 is 2.56 bits per heavy atom. The van der Waals surface area contributed by atoms with E-state index in [0.29, 0.717) is 6.04 Å². The van der Waals surface area contributed by atoms with Gasteiger partial charge >= 0.3 is 0 Å². The van der Waals surface area contributed by atoms with Crippen molar-refractivity contribution in [3.05, 3.63) is 36.9 Å². The van der Waals surface area contributed by atoms with Crippen LogP contribution < -0.4 is 10.6 Å². The number of piperazine rings is 1. The van der Waals surface area contributed by atoms with E-state index < -0.39 is 0 Å². The predicted molar refractivity (Wildman–Crippen MR) is 78.9 cm³/mol. The van der Waals surface area contributed by atoms with Crippen LogP contribution in [0.2, 0.25) is 0 Å². The van der Waals surface area contributed by atoms with Crippen LogP contribution in [0, 0.1) is 0 Å². The number of nitrogens with two attached hydrogens (primary N) is 1. The molecule has 0 radical (unpaired) electrons. The van der Waals surface area contributed by atoms with Crippen LogP contribution in [0.3, 0.4) is 0 Å². The molecule has 0 aliphatic carbocycles. The van der Waals surface area contributed by atoms with Gasteiger partial charge < -0.3 is 10.6 Å². The molecule has 1 heterocycles. The lowest BCUT2D eigenvalue weighted by molar-refractivity contribution is 0.198. The Labute approximate surface area is 110 Å². The van der Waals surface area contributed by atoms with Gasteiger partial charge in [-0.1, -0.05) is 18.2 Å². The maximum Gasteiger partial charge on any atom is 0.0600 e. The van der Waals surface area contributed by atoms with Crippen LogP contribution in [-0.4, -0.2) is 37.1 Å². The minimum absolute atomic E-state index is 0.595. The van der Waals surface area contributed by atoms with E-state index in [4.69, 9.17) is 5.73 Å². The van der Waals surface area contributed by atoms with Crippen LogP contribution in [0.5, 0.6) is 0 Å². The van der Waals surface area contributed by atoms with Crippen LogP contribution in [0.1, 0.15) is 13.3 Å². The summed E-state index contributed by atoms with van der Waals surface area (Å²) >= 11 is 0. The van der Waals surface area contributed by atoms with Crippen molar-refractivity contribution in [2.45, 2.75) is 19.4 Å². The van der Waals surface area contributed by atoms with Crippen LogP contribution in [0.25, 0.3) is 0 Å². The van der Waals surface area contributed by atoms with Gasteiger partial charge in [-0.05, 0) is 25.5 Å². The van der Waals surface area contributed by atoms with Crippen LogP contribution in [-0.2, 0) is 0 Å². The molecule has 0 amide bonds. The topological polar surface area (TPSA) is 32.5 Å². The fourth-order valence-electron chi connectivity index (χ4n) is 2.57. The molecule has 1 aromatic rings. The fraction of sp³-hybridized carbons (Fsp3) is 0.467. The second-order valence-corrected chi connectivity index (χ2v) is 4.96. The second kappa shape index (κ2) is 5.91. The van der Waals surface area contributed by atoms with Crippen molar-refractivity contribution in [1.82, 2.24) is 4.90 Å². The van der Waals surface area contributed by atoms with Gasteiger partial charge in [0.25, 0.3) is 0 Å². The Bertz CT molecular complexity index is 394. The molecule has 0 saturated carbocycles. The molecule has 1 aromatic carbocycles. The summed E-state index contributed by atoms with van der Waals surface area (Å²) in [5.74, 6) is 0. The first-order chi connectivity index (χ1) is 8.72. The lowest BCUT2D eigenvalue weighted by Crippen LogP contribution is -2.49. The van der Waals surface area contributed by atoms with Gasteiger partial charge in [-0.25, -0.2) is 0 Å². The average Bonchev–Trinajstić information content (AvgIpc) is 2.40. The molecule has 18 heavy (non-hydrogen) atoms. The Hall–Kier alpha value is -1.48. The molecule has 1 atom stereocenters. The van der Waals surface area contributed by atoms with Crippen molar-refractivity contribution < 1.29 is 0 Å². The largest absolute Gasteiger partial charge is 0.397 e. The Balaban J connectivity index is 1.94. The van der Waals surface area contributed by atoms with Crippen molar-refractivity contribution in [3.63, 3.8) is 0 Å². The predicted octanol–water partition coefficient (Wildman–Crippen LogP) is 2.36. The Kier molecular flexibility index (Phi) is 4.26. The van der Waals surface area contributed by atoms with Gasteiger partial charge in [-0.2, -0.15) is 0 Å². The van der Waals surface area contributed by atoms with Gasteiger partial charge in [0.2, 0.25) is 0 Å². The van der Waals surface area contributed by atoms with Crippen molar-refractivity contribution in [2.24, 2.45) is 0 Å². The summed E-state index contributed by atoms with van der Waals surface area (Å²) in [6, 6.07) is 8.72. The Morgan fingerprint density at radius 1 is 1.28 bits per heavy atom. The van der Waals surface area contributed by atoms with E-state index in [1.54, 1.807) is 0 Å². The summed E-state index contributed by atoms with van der Waals surface area (Å²) in [6.07, 6.45) is 3.07. The minimum atomic E-state index is 0.595. The molecule has 3 nitrogen and oxygen atoms in total. The molecule has 1 unspecified atom stereocenters. The van der Waals surface area contributed by atoms with Crippen molar-refractivity contribution in [3.8, 4) is 0 Å². The van der Waals surface area contributed by atoms with Gasteiger partial charge in [0.1, 0.15) is 0 Å². The number of hydrogen-bond donors (Lipinski definition) is 1. The van der Waals surface area contributed by atoms with E-state index in [-0.39, 0.29) is 0 Å². The molecule has 0 spiro atoms. The number of benzene rings is 1. The zero-order valence-corrected chi connectivity index (χ0v) is 11.2. The molecule has 98 valence electrons. The standard InChI is InChI=1S/C15H23N3/c1-3-6-13(2)17-9-11-18(12-10-17)15-8-5-4-7-14(15)16/h3-5,7-8,13H,1,6,9-12,16H2,2H3. The highest BCUT2D eigenvalue weighted by Gasteiger charge is 2.21. The van der Waals surface area contributed by atoms with E-state index in [1.165, 1.54) is 5.69 Å². The summed E-state index contributed by atoms with van der Waals surface area (Å²) in [5.41, 5.74) is 8.08. The molecule has 1 aliphatic heterocycles. The highest BCUT2D eigenvalue weighted by atomic mass is 15.3. The van der Waals surface area contributed by atoms with Gasteiger partial charge in [0, 0.05) is 32.2 Å². The number of anilines is 2. The van der Waals surface area contributed by atoms with Gasteiger partial charge in [0.05, 0.1) is 11.4 Å². The smallest absolute Gasteiger partial charge is 0.0600 e. The molecular weight excluding hydrogens is 222 g/mol. The van der Waals surface area contributed by atoms with E-state index in [0.717, 1.165) is 38.3 Å². The Morgan fingerprint density at radius 2 is 1.94 bits per heavy atom. The van der Waals surface area contributed by atoms with E-state index in [9.17, 15) is 0 Å². The minimum Gasteiger partial charge on any atom is -0.397 e. The maximum absolute atomic E-state index is 6.03. The zero-order valence-electron chi connectivity index (χ0n) is 11.2. The summed E-state index contributed by atoms with van der Waals surface area (Å²) in [5, 5.41) is 0. The molecular formula is C15H23N3. The number of hydrogen-bond acceptors (Lipinski definition) is 3. The number of para-hydroxylation sites is 2. The lowest BCUT2D eigenvalue weighted by atomic mass is 10.1. The highest BCUT2D eigenvalue weighted by molar-refractivity contribution is 5.67. The molecule has 3 heteroatoms. The molecule has 0 aromatic heterocycles. The molecule has 1 fully saturated rings. The third-order valence-corrected chi connectivity index (χ3v) is 3.72. The number of rotatable bonds is 4. The van der Waals surface area contributed by atoms with Crippen molar-refractivity contribution in [1.29, 1.82) is 0 Å². The van der Waals surface area contributed by atoms with Crippen LogP contribution >= 0.6 is 0 Å². The zero-order chi connectivity index (χ0) is 13.0. The van der Waals surface area contributed by atoms with Gasteiger partial charge in [-0.15, -0.1) is 6.58 Å². The van der Waals surface area contributed by atoms with Crippen LogP contribution in [0.15, 0.2) is 36.9 Å². The first kappa shape index (κ1) is 13.0. The SMILES string of the molecule is C=CCC(C)N1CCN(c2ccccc2N)CC1. The van der Waals surface area contributed by atoms with Gasteiger partial charge in [-0.3, -0.25) is 4.90 Å². The van der Waals surface area contributed by atoms with Gasteiger partial charge in [0.15, 0.2) is 0 Å². The van der Waals surface area contributed by atoms with Crippen molar-refractivity contribution in [2.75, 3.05) is 36.8 Å². The first-order valence-corrected chi connectivity index (χ1v) is 6.66. The van der Waals surface area contributed by atoms with Crippen LogP contribution in [0.4, 0.5) is 11.4 Å². The highest BCUT2D eigenvalue weighted by Crippen LogP contribution is 2.24. The van der Waals surface area contributed by atoms with Crippen molar-refractivity contribution >= 4 is 11.4 Å². The number of nitrogen functional groups attached to an aromatic ring is 1. The normalized spacial score (nSPS) is 18.6. The summed E-state index contributed by atoms with van der Waals surface area (Å²) in [6.45, 7) is 10.4. The summed E-state index contributed by atoms with van der Waals surface area (Å²) in [4.78, 5) is 4.91. The summed E-state index contributed by atoms with van der Waals surface area (Å²) in [7, 11) is 0. The maximum atomic E-state index is 6.03. The van der Waals surface area contributed by atoms with E-state index in [2.05, 4.69) is 35.4 Å². The number of nitrogens with zero attached hydrogens (tertiary/aromatic N) is 2. The molecule has 1 saturated heterocycles. The average molecular weight is 245 g/mol. The second-order valence-electron chi connectivity index (χ2n) is 4.96. The first-order valence-electron chi connectivity index (χ1n) is 6.66. The quantitative estimate of drug-likeness (QED) is 0.653. The molecule has 2 rings (SSSR count). The monoisotopic (exact) mass is 245 g/mol. The third-order valence-electron chi connectivity index (χ3n) is 3.72. The van der Waals surface area contributed by atoms with E-state index >= 15 is 0 Å².